The molecule has 0 bridgehead atoms. The summed E-state index contributed by atoms with van der Waals surface area (Å²) in [6.07, 6.45) is 1.74. The van der Waals surface area contributed by atoms with Gasteiger partial charge in [-0.2, -0.15) is 0 Å². The summed E-state index contributed by atoms with van der Waals surface area (Å²) in [5.74, 6) is -1.27. The fraction of sp³-hybridized carbons (Fsp3) is 0.444. The number of nitro benzene ring substituents is 1. The molecule has 1 saturated carbocycles. The second-order valence-electron chi connectivity index (χ2n) is 6.70. The van der Waals surface area contributed by atoms with Gasteiger partial charge in [0, 0.05) is 17.7 Å². The molecule has 0 saturated heterocycles. The first-order valence-corrected chi connectivity index (χ1v) is 7.85. The van der Waals surface area contributed by atoms with Crippen LogP contribution in [0.4, 0.5) is 5.69 Å². The lowest BCUT2D eigenvalue weighted by atomic mass is 10.1. The van der Waals surface area contributed by atoms with Crippen molar-refractivity contribution in [2.24, 2.45) is 17.3 Å². The highest BCUT2D eigenvalue weighted by Crippen LogP contribution is 2.59. The lowest BCUT2D eigenvalue weighted by Crippen LogP contribution is -2.10. The van der Waals surface area contributed by atoms with Gasteiger partial charge in [0.2, 0.25) is 0 Å². The van der Waals surface area contributed by atoms with Crippen LogP contribution in [0.25, 0.3) is 0 Å². The van der Waals surface area contributed by atoms with Gasteiger partial charge in [-0.15, -0.1) is 0 Å². The Morgan fingerprint density at radius 2 is 2.04 bits per heavy atom. The molecule has 2 atom stereocenters. The van der Waals surface area contributed by atoms with Crippen LogP contribution in [0.3, 0.4) is 0 Å². The summed E-state index contributed by atoms with van der Waals surface area (Å²) in [6.45, 7) is 5.47. The van der Waals surface area contributed by atoms with Crippen molar-refractivity contribution in [2.45, 2.75) is 27.4 Å². The SMILES string of the molecule is COC(=O)C(C)=C[C@H]1[C@@H](C(=O)OCc2cccc([N+](=O)[O-])c2)C1(C)C. The minimum absolute atomic E-state index is 0.0283. The predicted molar refractivity (Wildman–Crippen MR) is 89.4 cm³/mol. The zero-order chi connectivity index (χ0) is 18.8. The molecule has 0 aliphatic heterocycles. The Balaban J connectivity index is 2.00. The van der Waals surface area contributed by atoms with Crippen LogP contribution in [0.5, 0.6) is 0 Å². The second kappa shape index (κ2) is 7.04. The highest BCUT2D eigenvalue weighted by Gasteiger charge is 2.61. The van der Waals surface area contributed by atoms with Crippen molar-refractivity contribution < 1.29 is 24.0 Å². The van der Waals surface area contributed by atoms with E-state index in [4.69, 9.17) is 4.74 Å². The number of ether oxygens (including phenoxy) is 2. The summed E-state index contributed by atoms with van der Waals surface area (Å²) in [6, 6.07) is 5.97. The van der Waals surface area contributed by atoms with E-state index in [9.17, 15) is 19.7 Å². The average Bonchev–Trinajstić information content (AvgIpc) is 3.12. The Morgan fingerprint density at radius 3 is 2.64 bits per heavy atom. The molecule has 0 aromatic heterocycles. The van der Waals surface area contributed by atoms with Crippen molar-refractivity contribution in [3.63, 3.8) is 0 Å². The Kier molecular flexibility index (Phi) is 5.25. The molecule has 2 rings (SSSR count). The van der Waals surface area contributed by atoms with E-state index < -0.39 is 10.9 Å². The van der Waals surface area contributed by atoms with Crippen LogP contribution in [-0.2, 0) is 25.7 Å². The number of rotatable bonds is 6. The van der Waals surface area contributed by atoms with Gasteiger partial charge in [0.15, 0.2) is 0 Å². The Morgan fingerprint density at radius 1 is 1.36 bits per heavy atom. The van der Waals surface area contributed by atoms with E-state index in [-0.39, 0.29) is 35.5 Å². The molecular formula is C18H21NO6. The number of esters is 2. The number of benzene rings is 1. The van der Waals surface area contributed by atoms with Gasteiger partial charge < -0.3 is 9.47 Å². The van der Waals surface area contributed by atoms with Crippen LogP contribution < -0.4 is 0 Å². The van der Waals surface area contributed by atoms with E-state index in [0.29, 0.717) is 11.1 Å². The number of allylic oxidation sites excluding steroid dienone is 1. The molecule has 1 fully saturated rings. The number of hydrogen-bond acceptors (Lipinski definition) is 6. The Hall–Kier alpha value is -2.70. The monoisotopic (exact) mass is 347 g/mol. The van der Waals surface area contributed by atoms with Gasteiger partial charge in [-0.1, -0.05) is 32.1 Å². The van der Waals surface area contributed by atoms with Crippen LogP contribution in [0.1, 0.15) is 26.3 Å². The first kappa shape index (κ1) is 18.6. The van der Waals surface area contributed by atoms with Crippen molar-refractivity contribution >= 4 is 17.6 Å². The first-order chi connectivity index (χ1) is 11.7. The molecule has 1 aromatic rings. The standard InChI is InChI=1S/C18H21NO6/c1-11(16(20)24-4)8-14-15(18(14,2)3)17(21)25-10-12-6-5-7-13(9-12)19(22)23/h5-9,14-15H,10H2,1-4H3/t14-,15-/m0/s1. The lowest BCUT2D eigenvalue weighted by molar-refractivity contribution is -0.384. The summed E-state index contributed by atoms with van der Waals surface area (Å²) in [5.41, 5.74) is 0.651. The highest BCUT2D eigenvalue weighted by atomic mass is 16.6. The summed E-state index contributed by atoms with van der Waals surface area (Å²) in [7, 11) is 1.31. The third-order valence-electron chi connectivity index (χ3n) is 4.60. The molecule has 7 heteroatoms. The van der Waals surface area contributed by atoms with E-state index in [1.165, 1.54) is 19.2 Å². The quantitative estimate of drug-likeness (QED) is 0.340. The average molecular weight is 347 g/mol. The predicted octanol–water partition coefficient (Wildman–Crippen LogP) is 3.03. The van der Waals surface area contributed by atoms with Crippen molar-refractivity contribution in [1.29, 1.82) is 0 Å². The number of nitro groups is 1. The zero-order valence-corrected chi connectivity index (χ0v) is 14.6. The third kappa shape index (κ3) is 4.04. The molecule has 0 spiro atoms. The molecule has 134 valence electrons. The van der Waals surface area contributed by atoms with E-state index in [0.717, 1.165) is 0 Å². The van der Waals surface area contributed by atoms with Crippen LogP contribution in [-0.4, -0.2) is 24.0 Å². The summed E-state index contributed by atoms with van der Waals surface area (Å²) in [5, 5.41) is 10.8. The molecule has 1 aliphatic carbocycles. The largest absolute Gasteiger partial charge is 0.466 e. The van der Waals surface area contributed by atoms with Crippen LogP contribution in [0, 0.1) is 27.4 Å². The molecule has 0 radical (unpaired) electrons. The van der Waals surface area contributed by atoms with Crippen molar-refractivity contribution in [3.8, 4) is 0 Å². The molecule has 25 heavy (non-hydrogen) atoms. The van der Waals surface area contributed by atoms with Gasteiger partial charge >= 0.3 is 11.9 Å². The lowest BCUT2D eigenvalue weighted by Gasteiger charge is -2.05. The number of carbonyl (C=O) groups is 2. The van der Waals surface area contributed by atoms with Crippen molar-refractivity contribution in [1.82, 2.24) is 0 Å². The van der Waals surface area contributed by atoms with Gasteiger partial charge in [-0.05, 0) is 23.8 Å². The number of non-ortho nitro benzene ring substituents is 1. The Labute approximate surface area is 145 Å². The summed E-state index contributed by atoms with van der Waals surface area (Å²) < 4.78 is 9.98. The number of methoxy groups -OCH3 is 1. The van der Waals surface area contributed by atoms with E-state index in [1.54, 1.807) is 25.1 Å². The molecular weight excluding hydrogens is 326 g/mol. The minimum Gasteiger partial charge on any atom is -0.466 e. The molecule has 0 heterocycles. The Bertz CT molecular complexity index is 737. The number of hydrogen-bond donors (Lipinski definition) is 0. The maximum atomic E-state index is 12.3. The summed E-state index contributed by atoms with van der Waals surface area (Å²) >= 11 is 0. The fourth-order valence-electron chi connectivity index (χ4n) is 2.94. The molecule has 7 nitrogen and oxygen atoms in total. The van der Waals surface area contributed by atoms with Gasteiger partial charge in [0.25, 0.3) is 5.69 Å². The second-order valence-corrected chi connectivity index (χ2v) is 6.70. The van der Waals surface area contributed by atoms with Crippen molar-refractivity contribution in [3.05, 3.63) is 51.6 Å². The highest BCUT2D eigenvalue weighted by molar-refractivity contribution is 5.88. The minimum atomic E-state index is -0.494. The van der Waals surface area contributed by atoms with Gasteiger partial charge in [-0.25, -0.2) is 4.79 Å². The smallest absolute Gasteiger partial charge is 0.333 e. The molecule has 1 aliphatic rings. The van der Waals surface area contributed by atoms with Crippen LogP contribution >= 0.6 is 0 Å². The van der Waals surface area contributed by atoms with Crippen molar-refractivity contribution in [2.75, 3.05) is 7.11 Å². The van der Waals surface area contributed by atoms with Crippen LogP contribution in [0.15, 0.2) is 35.9 Å². The zero-order valence-electron chi connectivity index (χ0n) is 14.6. The molecule has 0 unspecified atom stereocenters. The molecule has 1 aromatic carbocycles. The van der Waals surface area contributed by atoms with Gasteiger partial charge in [-0.3, -0.25) is 14.9 Å². The van der Waals surface area contributed by atoms with Gasteiger partial charge in [0.05, 0.1) is 18.0 Å². The van der Waals surface area contributed by atoms with E-state index >= 15 is 0 Å². The fourth-order valence-corrected chi connectivity index (χ4v) is 2.94. The molecule has 0 amide bonds. The van der Waals surface area contributed by atoms with Crippen LogP contribution in [0.2, 0.25) is 0 Å². The normalized spacial score (nSPS) is 21.4. The van der Waals surface area contributed by atoms with E-state index in [1.807, 2.05) is 13.8 Å². The number of nitrogens with zero attached hydrogens (tertiary/aromatic N) is 1. The maximum absolute atomic E-state index is 12.3. The molecule has 0 N–H and O–H groups in total. The van der Waals surface area contributed by atoms with Gasteiger partial charge in [0.1, 0.15) is 6.61 Å². The van der Waals surface area contributed by atoms with E-state index in [2.05, 4.69) is 4.74 Å². The topological polar surface area (TPSA) is 95.7 Å². The first-order valence-electron chi connectivity index (χ1n) is 7.85. The number of carbonyl (C=O) groups excluding carboxylic acids is 2. The maximum Gasteiger partial charge on any atom is 0.333 e. The summed E-state index contributed by atoms with van der Waals surface area (Å²) in [4.78, 5) is 34.1. The third-order valence-corrected chi connectivity index (χ3v) is 4.60.